The molecule has 1 saturated heterocycles. The molecule has 18 heavy (non-hydrogen) atoms. The molecule has 4 heteroatoms. The Morgan fingerprint density at radius 1 is 1.28 bits per heavy atom. The standard InChI is InChI=1S/C14H20N2O2/c1-2-15-14(17)13-5-3-12(4-6-13)11-16-7-9-18-10-8-16/h3-6H,2,7-11H2,1H3,(H,15,17)/p+1. The van der Waals surface area contributed by atoms with Gasteiger partial charge in [0.05, 0.1) is 13.2 Å². The summed E-state index contributed by atoms with van der Waals surface area (Å²) in [6, 6.07) is 7.90. The van der Waals surface area contributed by atoms with Crippen molar-refractivity contribution in [1.82, 2.24) is 5.32 Å². The van der Waals surface area contributed by atoms with Gasteiger partial charge in [0, 0.05) is 17.7 Å². The van der Waals surface area contributed by atoms with Crippen LogP contribution in [0.1, 0.15) is 22.8 Å². The summed E-state index contributed by atoms with van der Waals surface area (Å²) in [7, 11) is 0. The summed E-state index contributed by atoms with van der Waals surface area (Å²) in [5.74, 6) is 0.00256. The SMILES string of the molecule is CCNC(=O)c1ccc(C[NH+]2CCOCC2)cc1. The summed E-state index contributed by atoms with van der Waals surface area (Å²) in [6.45, 7) is 7.44. The first-order chi connectivity index (χ1) is 8.79. The van der Waals surface area contributed by atoms with Crippen LogP contribution in [0, 0.1) is 0 Å². The Bertz CT molecular complexity index is 383. The minimum atomic E-state index is 0.00256. The normalized spacial score (nSPS) is 16.5. The Labute approximate surface area is 108 Å². The van der Waals surface area contributed by atoms with Gasteiger partial charge in [-0.25, -0.2) is 0 Å². The zero-order valence-corrected chi connectivity index (χ0v) is 10.9. The smallest absolute Gasteiger partial charge is 0.251 e. The molecule has 0 bridgehead atoms. The van der Waals surface area contributed by atoms with E-state index in [1.54, 1.807) is 4.90 Å². The molecule has 98 valence electrons. The predicted molar refractivity (Wildman–Crippen MR) is 69.7 cm³/mol. The van der Waals surface area contributed by atoms with E-state index in [2.05, 4.69) is 5.32 Å². The second kappa shape index (κ2) is 6.52. The van der Waals surface area contributed by atoms with Crippen LogP contribution in [0.2, 0.25) is 0 Å². The lowest BCUT2D eigenvalue weighted by Crippen LogP contribution is -3.12. The quantitative estimate of drug-likeness (QED) is 0.779. The van der Waals surface area contributed by atoms with Crippen molar-refractivity contribution in [3.05, 3.63) is 35.4 Å². The summed E-state index contributed by atoms with van der Waals surface area (Å²) < 4.78 is 5.34. The van der Waals surface area contributed by atoms with Gasteiger partial charge in [0.25, 0.3) is 5.91 Å². The molecule has 0 atom stereocenters. The summed E-state index contributed by atoms with van der Waals surface area (Å²) in [5.41, 5.74) is 2.01. The molecule has 0 saturated carbocycles. The van der Waals surface area contributed by atoms with Gasteiger partial charge in [-0.2, -0.15) is 0 Å². The fourth-order valence-corrected chi connectivity index (χ4v) is 2.16. The number of rotatable bonds is 4. The highest BCUT2D eigenvalue weighted by molar-refractivity contribution is 5.94. The van der Waals surface area contributed by atoms with E-state index in [4.69, 9.17) is 4.74 Å². The maximum atomic E-state index is 11.6. The van der Waals surface area contributed by atoms with E-state index in [1.807, 2.05) is 31.2 Å². The molecule has 1 aromatic rings. The van der Waals surface area contributed by atoms with E-state index in [9.17, 15) is 4.79 Å². The van der Waals surface area contributed by atoms with Crippen LogP contribution in [0.5, 0.6) is 0 Å². The van der Waals surface area contributed by atoms with Crippen molar-refractivity contribution in [2.45, 2.75) is 13.5 Å². The molecular formula is C14H21N2O2+. The van der Waals surface area contributed by atoms with Crippen LogP contribution in [0.4, 0.5) is 0 Å². The van der Waals surface area contributed by atoms with E-state index in [0.717, 1.165) is 38.4 Å². The van der Waals surface area contributed by atoms with Gasteiger partial charge < -0.3 is 15.0 Å². The van der Waals surface area contributed by atoms with Gasteiger partial charge in [0.2, 0.25) is 0 Å². The van der Waals surface area contributed by atoms with Gasteiger partial charge in [-0.15, -0.1) is 0 Å². The number of morpholine rings is 1. The number of amides is 1. The van der Waals surface area contributed by atoms with Crippen molar-refractivity contribution in [2.24, 2.45) is 0 Å². The van der Waals surface area contributed by atoms with Gasteiger partial charge in [0.1, 0.15) is 19.6 Å². The first-order valence-electron chi connectivity index (χ1n) is 6.58. The number of nitrogens with one attached hydrogen (secondary N) is 2. The van der Waals surface area contributed by atoms with E-state index in [0.29, 0.717) is 6.54 Å². The van der Waals surface area contributed by atoms with Crippen LogP contribution >= 0.6 is 0 Å². The molecule has 0 aromatic heterocycles. The Balaban J connectivity index is 1.92. The molecule has 0 aliphatic carbocycles. The zero-order chi connectivity index (χ0) is 12.8. The molecule has 0 unspecified atom stereocenters. The molecular weight excluding hydrogens is 228 g/mol. The first kappa shape index (κ1) is 13.1. The number of hydrogen-bond acceptors (Lipinski definition) is 2. The lowest BCUT2D eigenvalue weighted by atomic mass is 10.1. The minimum Gasteiger partial charge on any atom is -0.370 e. The van der Waals surface area contributed by atoms with Crippen LogP contribution in [0.25, 0.3) is 0 Å². The van der Waals surface area contributed by atoms with Crippen LogP contribution in [0.3, 0.4) is 0 Å². The number of carbonyl (C=O) groups excluding carboxylic acids is 1. The topological polar surface area (TPSA) is 42.8 Å². The van der Waals surface area contributed by atoms with Crippen LogP contribution in [-0.2, 0) is 11.3 Å². The van der Waals surface area contributed by atoms with Crippen molar-refractivity contribution < 1.29 is 14.4 Å². The molecule has 1 fully saturated rings. The Hall–Kier alpha value is -1.39. The first-order valence-corrected chi connectivity index (χ1v) is 6.58. The maximum absolute atomic E-state index is 11.6. The molecule has 2 N–H and O–H groups in total. The van der Waals surface area contributed by atoms with E-state index in [1.165, 1.54) is 5.56 Å². The second-order valence-corrected chi connectivity index (χ2v) is 4.60. The number of quaternary nitrogens is 1. The zero-order valence-electron chi connectivity index (χ0n) is 10.9. The van der Waals surface area contributed by atoms with Gasteiger partial charge in [-0.1, -0.05) is 12.1 Å². The van der Waals surface area contributed by atoms with Crippen molar-refractivity contribution in [3.8, 4) is 0 Å². The van der Waals surface area contributed by atoms with Gasteiger partial charge in [-0.05, 0) is 19.1 Å². The molecule has 1 aliphatic rings. The minimum absolute atomic E-state index is 0.00256. The van der Waals surface area contributed by atoms with E-state index < -0.39 is 0 Å². The lowest BCUT2D eigenvalue weighted by Gasteiger charge is -2.23. The monoisotopic (exact) mass is 249 g/mol. The molecule has 2 rings (SSSR count). The van der Waals surface area contributed by atoms with Crippen molar-refractivity contribution in [2.75, 3.05) is 32.8 Å². The second-order valence-electron chi connectivity index (χ2n) is 4.60. The summed E-state index contributed by atoms with van der Waals surface area (Å²) in [6.07, 6.45) is 0. The van der Waals surface area contributed by atoms with Crippen molar-refractivity contribution >= 4 is 5.91 Å². The Morgan fingerprint density at radius 3 is 2.56 bits per heavy atom. The molecule has 1 amide bonds. The van der Waals surface area contributed by atoms with Crippen LogP contribution in [0.15, 0.2) is 24.3 Å². The molecule has 1 aliphatic heterocycles. The molecule has 0 spiro atoms. The number of benzene rings is 1. The summed E-state index contributed by atoms with van der Waals surface area (Å²) in [5, 5.41) is 2.80. The highest BCUT2D eigenvalue weighted by Gasteiger charge is 2.14. The molecule has 4 nitrogen and oxygen atoms in total. The molecule has 1 aromatic carbocycles. The van der Waals surface area contributed by atoms with E-state index in [-0.39, 0.29) is 5.91 Å². The highest BCUT2D eigenvalue weighted by atomic mass is 16.5. The highest BCUT2D eigenvalue weighted by Crippen LogP contribution is 2.03. The summed E-state index contributed by atoms with van der Waals surface area (Å²) >= 11 is 0. The molecule has 0 radical (unpaired) electrons. The Morgan fingerprint density at radius 2 is 1.94 bits per heavy atom. The number of carbonyl (C=O) groups is 1. The third-order valence-corrected chi connectivity index (χ3v) is 3.21. The Kier molecular flexibility index (Phi) is 4.73. The average Bonchev–Trinajstić information content (AvgIpc) is 2.41. The van der Waals surface area contributed by atoms with Gasteiger partial charge >= 0.3 is 0 Å². The average molecular weight is 249 g/mol. The summed E-state index contributed by atoms with van der Waals surface area (Å²) in [4.78, 5) is 13.2. The fourth-order valence-electron chi connectivity index (χ4n) is 2.16. The third-order valence-electron chi connectivity index (χ3n) is 3.21. The van der Waals surface area contributed by atoms with Gasteiger partial charge in [-0.3, -0.25) is 4.79 Å². The third kappa shape index (κ3) is 3.55. The van der Waals surface area contributed by atoms with Gasteiger partial charge in [0.15, 0.2) is 0 Å². The number of ether oxygens (including phenoxy) is 1. The van der Waals surface area contributed by atoms with Crippen LogP contribution in [-0.4, -0.2) is 38.8 Å². The van der Waals surface area contributed by atoms with Crippen molar-refractivity contribution in [1.29, 1.82) is 0 Å². The van der Waals surface area contributed by atoms with E-state index >= 15 is 0 Å². The van der Waals surface area contributed by atoms with Crippen molar-refractivity contribution in [3.63, 3.8) is 0 Å². The predicted octanol–water partition coefficient (Wildman–Crippen LogP) is -0.149. The van der Waals surface area contributed by atoms with Crippen LogP contribution < -0.4 is 10.2 Å². The maximum Gasteiger partial charge on any atom is 0.251 e. The largest absolute Gasteiger partial charge is 0.370 e. The number of hydrogen-bond donors (Lipinski definition) is 2. The fraction of sp³-hybridized carbons (Fsp3) is 0.500. The molecule has 1 heterocycles. The lowest BCUT2D eigenvalue weighted by molar-refractivity contribution is -0.921.